The minimum absolute atomic E-state index is 0.278. The maximum Gasteiger partial charge on any atom is 0.187 e. The predicted molar refractivity (Wildman–Crippen MR) is 163 cm³/mol. The van der Waals surface area contributed by atoms with Gasteiger partial charge >= 0.3 is 0 Å². The molecule has 1 atom stereocenters. The van der Waals surface area contributed by atoms with Gasteiger partial charge in [0.15, 0.2) is 11.3 Å². The van der Waals surface area contributed by atoms with Crippen LogP contribution in [0.15, 0.2) is 108 Å². The summed E-state index contributed by atoms with van der Waals surface area (Å²) in [4.78, 5) is 4.96. The fourth-order valence-electron chi connectivity index (χ4n) is 6.49. The zero-order chi connectivity index (χ0) is 26.8. The molecule has 0 saturated heterocycles. The van der Waals surface area contributed by atoms with Crippen molar-refractivity contribution in [3.05, 3.63) is 142 Å². The van der Waals surface area contributed by atoms with E-state index in [1.807, 2.05) is 12.1 Å². The molecule has 2 aliphatic rings. The van der Waals surface area contributed by atoms with E-state index in [9.17, 15) is 0 Å². The number of ether oxygens (including phenoxy) is 1. The van der Waals surface area contributed by atoms with E-state index in [0.717, 1.165) is 27.8 Å². The van der Waals surface area contributed by atoms with E-state index in [4.69, 9.17) is 11.3 Å². The molecular weight excluding hydrogens is 494 g/mol. The van der Waals surface area contributed by atoms with Crippen LogP contribution in [0.25, 0.3) is 32.8 Å². The number of hydrogen-bond donors (Lipinski definition) is 0. The monoisotopic (exact) mass is 521 g/mol. The smallest absolute Gasteiger partial charge is 0.187 e. The molecule has 0 N–H and O–H groups in total. The Labute approximate surface area is 233 Å². The van der Waals surface area contributed by atoms with Crippen LogP contribution >= 0.6 is 11.8 Å². The highest BCUT2D eigenvalue weighted by atomic mass is 32.2. The van der Waals surface area contributed by atoms with Crippen molar-refractivity contribution in [3.63, 3.8) is 0 Å². The van der Waals surface area contributed by atoms with Gasteiger partial charge in [0.1, 0.15) is 5.75 Å². The van der Waals surface area contributed by atoms with Crippen LogP contribution in [-0.4, -0.2) is 6.26 Å². The largest absolute Gasteiger partial charge is 0.472 e. The first-order valence-electron chi connectivity index (χ1n) is 13.2. The Balaban J connectivity index is 1.54. The van der Waals surface area contributed by atoms with Crippen LogP contribution in [0.3, 0.4) is 0 Å². The van der Waals surface area contributed by atoms with Gasteiger partial charge in [0.25, 0.3) is 0 Å². The zero-order valence-corrected chi connectivity index (χ0v) is 23.0. The number of fused-ring (bicyclic) bond motifs is 8. The molecule has 0 fully saturated rings. The minimum atomic E-state index is -0.755. The van der Waals surface area contributed by atoms with Crippen LogP contribution in [-0.2, 0) is 11.0 Å². The molecule has 0 saturated carbocycles. The Morgan fingerprint density at radius 1 is 0.795 bits per heavy atom. The molecule has 1 aliphatic carbocycles. The van der Waals surface area contributed by atoms with Crippen molar-refractivity contribution in [1.82, 2.24) is 0 Å². The molecule has 188 valence electrons. The summed E-state index contributed by atoms with van der Waals surface area (Å²) in [5.41, 5.74) is 7.90. The van der Waals surface area contributed by atoms with Gasteiger partial charge in [0.05, 0.1) is 6.57 Å². The van der Waals surface area contributed by atoms with Gasteiger partial charge in [-0.2, -0.15) is 0 Å². The van der Waals surface area contributed by atoms with Crippen molar-refractivity contribution in [2.75, 3.05) is 6.26 Å². The molecule has 0 amide bonds. The second kappa shape index (κ2) is 8.63. The van der Waals surface area contributed by atoms with Gasteiger partial charge in [-0.1, -0.05) is 105 Å². The Bertz CT molecular complexity index is 1840. The van der Waals surface area contributed by atoms with Gasteiger partial charge in [-0.25, -0.2) is 4.85 Å². The Morgan fingerprint density at radius 2 is 1.49 bits per heavy atom. The third-order valence-corrected chi connectivity index (χ3v) is 9.12. The average molecular weight is 522 g/mol. The first-order valence-corrected chi connectivity index (χ1v) is 14.4. The number of thioether (sulfide) groups is 1. The summed E-state index contributed by atoms with van der Waals surface area (Å²) in [7, 11) is 0. The second-order valence-corrected chi connectivity index (χ2v) is 11.7. The molecule has 3 heteroatoms. The SMILES string of the molecule is [C-]#[N+]c1ccc2c(c1)C(C)(C)c1c3c(c4ccccc4c1-2)OC(c1ccccc1)(c1ccc(SC)cc1)C=C3. The molecule has 0 spiro atoms. The van der Waals surface area contributed by atoms with E-state index in [1.165, 1.54) is 32.5 Å². The Kier molecular flexibility index (Phi) is 5.27. The molecule has 0 aromatic heterocycles. The molecule has 5 aromatic carbocycles. The molecule has 1 unspecified atom stereocenters. The van der Waals surface area contributed by atoms with E-state index in [2.05, 4.69) is 122 Å². The summed E-state index contributed by atoms with van der Waals surface area (Å²) < 4.78 is 7.30. The van der Waals surface area contributed by atoms with Gasteiger partial charge in [0.2, 0.25) is 0 Å². The lowest BCUT2D eigenvalue weighted by molar-refractivity contribution is 0.163. The number of hydrogen-bond acceptors (Lipinski definition) is 2. The fraction of sp³-hybridized carbons (Fsp3) is 0.139. The maximum atomic E-state index is 7.60. The Hall–Kier alpha value is -4.26. The average Bonchev–Trinajstić information content (AvgIpc) is 3.23. The highest BCUT2D eigenvalue weighted by Gasteiger charge is 2.44. The lowest BCUT2D eigenvalue weighted by Crippen LogP contribution is -2.35. The van der Waals surface area contributed by atoms with Crippen LogP contribution in [0, 0.1) is 6.57 Å². The lowest BCUT2D eigenvalue weighted by atomic mass is 9.77. The van der Waals surface area contributed by atoms with Crippen LogP contribution in [0.2, 0.25) is 0 Å². The van der Waals surface area contributed by atoms with E-state index in [-0.39, 0.29) is 5.41 Å². The lowest BCUT2D eigenvalue weighted by Gasteiger charge is -2.38. The van der Waals surface area contributed by atoms with Crippen LogP contribution in [0.1, 0.15) is 41.7 Å². The molecule has 1 heterocycles. The van der Waals surface area contributed by atoms with E-state index < -0.39 is 5.60 Å². The molecule has 39 heavy (non-hydrogen) atoms. The molecule has 7 rings (SSSR count). The third-order valence-electron chi connectivity index (χ3n) is 8.37. The predicted octanol–water partition coefficient (Wildman–Crippen LogP) is 9.77. The van der Waals surface area contributed by atoms with Gasteiger partial charge in [-0.3, -0.25) is 0 Å². The van der Waals surface area contributed by atoms with Gasteiger partial charge in [-0.05, 0) is 52.1 Å². The number of benzene rings is 5. The quantitative estimate of drug-likeness (QED) is 0.173. The summed E-state index contributed by atoms with van der Waals surface area (Å²) in [5, 5.41) is 2.29. The normalized spacial score (nSPS) is 18.1. The number of rotatable bonds is 3. The molecule has 0 bridgehead atoms. The van der Waals surface area contributed by atoms with Crippen LogP contribution in [0.4, 0.5) is 5.69 Å². The highest BCUT2D eigenvalue weighted by molar-refractivity contribution is 7.98. The topological polar surface area (TPSA) is 13.6 Å². The Morgan fingerprint density at radius 3 is 2.21 bits per heavy atom. The first kappa shape index (κ1) is 23.8. The van der Waals surface area contributed by atoms with Crippen LogP contribution < -0.4 is 4.74 Å². The van der Waals surface area contributed by atoms with Crippen molar-refractivity contribution in [2.24, 2.45) is 0 Å². The molecule has 0 radical (unpaired) electrons. The van der Waals surface area contributed by atoms with E-state index in [1.54, 1.807) is 11.8 Å². The van der Waals surface area contributed by atoms with Gasteiger partial charge in [0, 0.05) is 32.4 Å². The van der Waals surface area contributed by atoms with Crippen molar-refractivity contribution in [1.29, 1.82) is 0 Å². The van der Waals surface area contributed by atoms with E-state index >= 15 is 0 Å². The van der Waals surface area contributed by atoms with Crippen LogP contribution in [0.5, 0.6) is 5.75 Å². The highest BCUT2D eigenvalue weighted by Crippen LogP contribution is 2.58. The van der Waals surface area contributed by atoms with Crippen molar-refractivity contribution in [3.8, 4) is 16.9 Å². The molecule has 2 nitrogen and oxygen atoms in total. The van der Waals surface area contributed by atoms with Crippen molar-refractivity contribution < 1.29 is 4.74 Å². The van der Waals surface area contributed by atoms with Crippen molar-refractivity contribution in [2.45, 2.75) is 29.8 Å². The zero-order valence-electron chi connectivity index (χ0n) is 22.2. The summed E-state index contributed by atoms with van der Waals surface area (Å²) in [5.74, 6) is 0.913. The number of nitrogens with zero attached hydrogens (tertiary/aromatic N) is 1. The summed E-state index contributed by atoms with van der Waals surface area (Å²) in [6.45, 7) is 12.1. The van der Waals surface area contributed by atoms with Crippen molar-refractivity contribution >= 4 is 34.3 Å². The summed E-state index contributed by atoms with van der Waals surface area (Å²) >= 11 is 1.74. The molecule has 1 aliphatic heterocycles. The fourth-order valence-corrected chi connectivity index (χ4v) is 6.90. The maximum absolute atomic E-state index is 7.60. The second-order valence-electron chi connectivity index (χ2n) is 10.8. The standard InChI is InChI=1S/C36H27NOS/c1-35(2)31-22-25(37-3)16-19-29(31)32-27-12-8-9-13-28(27)34-30(33(32)35)20-21-36(38-34,23-10-6-5-7-11-23)24-14-17-26(39-4)18-15-24/h5-22H,1-2,4H3. The molecule has 5 aromatic rings. The molecular formula is C36H27NOS. The first-order chi connectivity index (χ1) is 19.0. The summed E-state index contributed by atoms with van der Waals surface area (Å²) in [6.07, 6.45) is 6.61. The van der Waals surface area contributed by atoms with Gasteiger partial charge < -0.3 is 4.74 Å². The minimum Gasteiger partial charge on any atom is -0.472 e. The summed E-state index contributed by atoms with van der Waals surface area (Å²) in [6, 6.07) is 34.0. The van der Waals surface area contributed by atoms with E-state index in [0.29, 0.717) is 5.69 Å². The third kappa shape index (κ3) is 3.35. The van der Waals surface area contributed by atoms with Gasteiger partial charge in [-0.15, -0.1) is 11.8 Å².